The molecule has 0 aliphatic carbocycles. The normalized spacial score (nSPS) is 16.0. The Bertz CT molecular complexity index is 371. The number of nitro groups is 1. The monoisotopic (exact) mass is 252 g/mol. The van der Waals surface area contributed by atoms with Gasteiger partial charge >= 0.3 is 7.60 Å². The summed E-state index contributed by atoms with van der Waals surface area (Å²) in [6.07, 6.45) is 1.08. The summed E-state index contributed by atoms with van der Waals surface area (Å²) in [6, 6.07) is -1.09. The number of hydrogen-bond donors (Lipinski definition) is 3. The Hall–Kier alpha value is -1.24. The number of rotatable bonds is 5. The van der Waals surface area contributed by atoms with E-state index in [-0.39, 0.29) is 12.0 Å². The van der Waals surface area contributed by atoms with Gasteiger partial charge in [0, 0.05) is 17.4 Å². The summed E-state index contributed by atoms with van der Waals surface area (Å²) < 4.78 is 10.8. The van der Waals surface area contributed by atoms with Gasteiger partial charge in [0.2, 0.25) is 6.04 Å². The van der Waals surface area contributed by atoms with Crippen LogP contribution in [0.15, 0.2) is 16.8 Å². The minimum Gasteiger partial charge on any atom is -0.410 e. The van der Waals surface area contributed by atoms with Gasteiger partial charge in [-0.25, -0.2) is 0 Å². The topological polar surface area (TPSA) is 133 Å². The van der Waals surface area contributed by atoms with Crippen molar-refractivity contribution in [2.45, 2.75) is 26.3 Å². The maximum atomic E-state index is 10.8. The van der Waals surface area contributed by atoms with Crippen LogP contribution in [-0.4, -0.2) is 31.4 Å². The van der Waals surface area contributed by atoms with Crippen LogP contribution in [0, 0.1) is 10.1 Å². The third kappa shape index (κ3) is 4.09. The second kappa shape index (κ2) is 5.74. The van der Waals surface area contributed by atoms with E-state index in [9.17, 15) is 14.7 Å². The fourth-order valence-corrected chi connectivity index (χ4v) is 1.44. The Labute approximate surface area is 91.6 Å². The molecule has 0 aromatic heterocycles. The van der Waals surface area contributed by atoms with Crippen LogP contribution in [0.1, 0.15) is 20.3 Å². The minimum atomic E-state index is -4.71. The Morgan fingerprint density at radius 3 is 2.38 bits per heavy atom. The van der Waals surface area contributed by atoms with E-state index in [4.69, 9.17) is 15.0 Å². The summed E-state index contributed by atoms with van der Waals surface area (Å²) in [7, 11) is -4.71. The highest BCUT2D eigenvalue weighted by atomic mass is 31.2. The zero-order valence-electron chi connectivity index (χ0n) is 8.77. The molecule has 92 valence electrons. The van der Waals surface area contributed by atoms with Crippen molar-refractivity contribution in [1.29, 1.82) is 0 Å². The molecule has 0 aromatic carbocycles. The van der Waals surface area contributed by atoms with Crippen LogP contribution >= 0.6 is 7.60 Å². The van der Waals surface area contributed by atoms with Gasteiger partial charge in [-0.2, -0.15) is 0 Å². The van der Waals surface area contributed by atoms with Crippen LogP contribution in [0.2, 0.25) is 0 Å². The van der Waals surface area contributed by atoms with Crippen LogP contribution in [0.25, 0.3) is 0 Å². The molecule has 9 heteroatoms. The predicted octanol–water partition coefficient (Wildman–Crippen LogP) is 0.953. The summed E-state index contributed by atoms with van der Waals surface area (Å²) in [5, 5.41) is 21.3. The maximum Gasteiger partial charge on any atom is 0.377 e. The molecule has 0 radical (unpaired) electrons. The Morgan fingerprint density at radius 1 is 1.62 bits per heavy atom. The molecule has 8 nitrogen and oxygen atoms in total. The first-order valence-electron chi connectivity index (χ1n) is 4.36. The number of nitrogens with zero attached hydrogens (tertiary/aromatic N) is 2. The average molecular weight is 252 g/mol. The van der Waals surface area contributed by atoms with Crippen LogP contribution in [0.5, 0.6) is 0 Å². The fraction of sp³-hybridized carbons (Fsp3) is 0.571. The molecule has 0 saturated heterocycles. The maximum absolute atomic E-state index is 10.8. The summed E-state index contributed by atoms with van der Waals surface area (Å²) in [5.41, 5.74) is -0.709. The van der Waals surface area contributed by atoms with E-state index in [1.165, 1.54) is 6.92 Å². The van der Waals surface area contributed by atoms with Crippen LogP contribution in [0.4, 0.5) is 0 Å². The zero-order valence-corrected chi connectivity index (χ0v) is 9.66. The second-order valence-electron chi connectivity index (χ2n) is 3.04. The molecule has 0 spiro atoms. The van der Waals surface area contributed by atoms with Crippen LogP contribution in [-0.2, 0) is 4.57 Å². The highest BCUT2D eigenvalue weighted by Gasteiger charge is 2.25. The largest absolute Gasteiger partial charge is 0.410 e. The van der Waals surface area contributed by atoms with E-state index in [2.05, 4.69) is 5.16 Å². The van der Waals surface area contributed by atoms with Crippen molar-refractivity contribution >= 4 is 13.0 Å². The molecule has 0 aliphatic rings. The molecule has 0 aromatic rings. The first kappa shape index (κ1) is 14.8. The lowest BCUT2D eigenvalue weighted by molar-refractivity contribution is -0.507. The molecule has 0 bridgehead atoms. The second-order valence-corrected chi connectivity index (χ2v) is 4.58. The van der Waals surface area contributed by atoms with Crippen molar-refractivity contribution < 1.29 is 24.5 Å². The molecule has 1 atom stereocenters. The molecule has 0 amide bonds. The Balaban J connectivity index is 5.25. The van der Waals surface area contributed by atoms with Gasteiger partial charge in [-0.3, -0.25) is 14.7 Å². The van der Waals surface area contributed by atoms with Crippen LogP contribution in [0.3, 0.4) is 0 Å². The van der Waals surface area contributed by atoms with Crippen molar-refractivity contribution in [3.8, 4) is 0 Å². The van der Waals surface area contributed by atoms with E-state index in [1.54, 1.807) is 6.92 Å². The zero-order chi connectivity index (χ0) is 12.9. The van der Waals surface area contributed by atoms with E-state index in [1.807, 2.05) is 0 Å². The summed E-state index contributed by atoms with van der Waals surface area (Å²) in [6.45, 7) is 2.88. The molecule has 0 saturated carbocycles. The molecule has 3 N–H and O–H groups in total. The third-order valence-electron chi connectivity index (χ3n) is 1.98. The van der Waals surface area contributed by atoms with Gasteiger partial charge in [-0.15, -0.1) is 0 Å². The highest BCUT2D eigenvalue weighted by Crippen LogP contribution is 2.38. The van der Waals surface area contributed by atoms with Gasteiger partial charge in [0.25, 0.3) is 0 Å². The molecule has 0 aliphatic heterocycles. The first-order chi connectivity index (χ1) is 7.23. The van der Waals surface area contributed by atoms with Crippen molar-refractivity contribution in [1.82, 2.24) is 0 Å². The molecular formula is C7H13N2O6P. The average Bonchev–Trinajstić information content (AvgIpc) is 2.16. The SMILES string of the molecule is CC/C(=C\C(=N\O)P(=O)(O)O)C(C)[N+](=O)[O-]. The Morgan fingerprint density at radius 2 is 2.12 bits per heavy atom. The predicted molar refractivity (Wildman–Crippen MR) is 56.1 cm³/mol. The van der Waals surface area contributed by atoms with Crippen LogP contribution < -0.4 is 0 Å². The molecule has 0 rings (SSSR count). The molecule has 0 fully saturated rings. The van der Waals surface area contributed by atoms with Gasteiger partial charge in [0.15, 0.2) is 5.45 Å². The molecule has 0 heterocycles. The van der Waals surface area contributed by atoms with E-state index in [0.717, 1.165) is 6.08 Å². The summed E-state index contributed by atoms with van der Waals surface area (Å²) >= 11 is 0. The molecule has 16 heavy (non-hydrogen) atoms. The lowest BCUT2D eigenvalue weighted by atomic mass is 10.1. The fourth-order valence-electron chi connectivity index (χ4n) is 0.991. The van der Waals surface area contributed by atoms with E-state index < -0.39 is 24.0 Å². The first-order valence-corrected chi connectivity index (χ1v) is 5.97. The number of allylic oxidation sites excluding steroid dienone is 1. The van der Waals surface area contributed by atoms with E-state index in [0.29, 0.717) is 0 Å². The Kier molecular flexibility index (Phi) is 5.29. The molecule has 1 unspecified atom stereocenters. The number of hydrogen-bond acceptors (Lipinski definition) is 5. The van der Waals surface area contributed by atoms with Gasteiger partial charge in [0.05, 0.1) is 0 Å². The highest BCUT2D eigenvalue weighted by molar-refractivity contribution is 7.71. The van der Waals surface area contributed by atoms with Crippen molar-refractivity contribution in [2.75, 3.05) is 0 Å². The lowest BCUT2D eigenvalue weighted by Gasteiger charge is -2.08. The van der Waals surface area contributed by atoms with Crippen molar-refractivity contribution in [3.63, 3.8) is 0 Å². The van der Waals surface area contributed by atoms with Crippen molar-refractivity contribution in [3.05, 3.63) is 21.8 Å². The van der Waals surface area contributed by atoms with Gasteiger partial charge in [-0.1, -0.05) is 12.1 Å². The van der Waals surface area contributed by atoms with Gasteiger partial charge in [0.1, 0.15) is 0 Å². The lowest BCUT2D eigenvalue weighted by Crippen LogP contribution is -2.18. The van der Waals surface area contributed by atoms with Crippen molar-refractivity contribution in [2.24, 2.45) is 5.16 Å². The quantitative estimate of drug-likeness (QED) is 0.219. The third-order valence-corrected chi connectivity index (χ3v) is 2.79. The summed E-state index contributed by atoms with van der Waals surface area (Å²) in [4.78, 5) is 27.4. The minimum absolute atomic E-state index is 0.168. The number of oxime groups is 1. The summed E-state index contributed by atoms with van der Waals surface area (Å²) in [5.74, 6) is 0. The molecular weight excluding hydrogens is 239 g/mol. The standard InChI is InChI=1S/C7H13N2O6P/c1-3-6(5(2)9(11)12)4-7(8-10)16(13,14)15/h4-5,10H,3H2,1-2H3,(H2,13,14,15)/b6-4+,8-7-. The van der Waals surface area contributed by atoms with Gasteiger partial charge in [-0.05, 0) is 12.5 Å². The van der Waals surface area contributed by atoms with E-state index >= 15 is 0 Å². The smallest absolute Gasteiger partial charge is 0.377 e. The van der Waals surface area contributed by atoms with Gasteiger partial charge < -0.3 is 15.0 Å².